The van der Waals surface area contributed by atoms with E-state index in [4.69, 9.17) is 0 Å². The molecule has 1 atom stereocenters. The predicted molar refractivity (Wildman–Crippen MR) is 87.6 cm³/mol. The number of hydrogen-bond donors (Lipinski definition) is 2. The van der Waals surface area contributed by atoms with Gasteiger partial charge in [0.1, 0.15) is 6.10 Å². The number of nitrogens with one attached hydrogen (secondary N) is 1. The fraction of sp³-hybridized carbons (Fsp3) is 0.438. The number of aliphatic hydroxyl groups is 1. The smallest absolute Gasteiger partial charge is 0.234 e. The molecule has 2 aromatic rings. The van der Waals surface area contributed by atoms with Gasteiger partial charge in [0, 0.05) is 22.2 Å². The Hall–Kier alpha value is -1.43. The zero-order valence-corrected chi connectivity index (χ0v) is 13.5. The van der Waals surface area contributed by atoms with Crippen molar-refractivity contribution in [1.29, 1.82) is 0 Å². The summed E-state index contributed by atoms with van der Waals surface area (Å²) in [5, 5.41) is 14.1. The number of carbonyl (C=O) groups is 1. The molecule has 0 saturated heterocycles. The topological polar surface area (TPSA) is 52.6 Å². The van der Waals surface area contributed by atoms with E-state index in [9.17, 15) is 9.90 Å². The molecule has 0 fully saturated rings. The zero-order valence-electron chi connectivity index (χ0n) is 12.7. The number of fused-ring (bicyclic) bond motifs is 1. The van der Waals surface area contributed by atoms with Gasteiger partial charge in [0.15, 0.2) is 0 Å². The average molecular weight is 306 g/mol. The Morgan fingerprint density at radius 1 is 1.38 bits per heavy atom. The fourth-order valence-electron chi connectivity index (χ4n) is 1.94. The van der Waals surface area contributed by atoms with Crippen LogP contribution in [-0.2, 0) is 4.79 Å². The van der Waals surface area contributed by atoms with Crippen molar-refractivity contribution in [2.24, 2.45) is 0 Å². The first-order valence-corrected chi connectivity index (χ1v) is 7.92. The Bertz CT molecular complexity index is 576. The van der Waals surface area contributed by atoms with Crippen LogP contribution in [0.15, 0.2) is 30.3 Å². The molecule has 2 N–H and O–H groups in total. The van der Waals surface area contributed by atoms with Crippen molar-refractivity contribution < 1.29 is 9.90 Å². The number of amides is 1. The highest BCUT2D eigenvalue weighted by Gasteiger charge is 2.14. The van der Waals surface area contributed by atoms with E-state index < -0.39 is 6.10 Å². The number of carbonyl (C=O) groups excluding carboxylic acids is 1. The van der Waals surface area contributed by atoms with Gasteiger partial charge in [0.2, 0.25) is 5.91 Å². The van der Waals surface area contributed by atoms with Gasteiger partial charge in [0.05, 0.1) is 6.54 Å². The summed E-state index contributed by atoms with van der Waals surface area (Å²) in [4.78, 5) is 14.6. The van der Waals surface area contributed by atoms with E-state index in [2.05, 4.69) is 5.32 Å². The Balaban J connectivity index is 1.89. The molecule has 1 aromatic heterocycles. The minimum atomic E-state index is -0.657. The SMILES string of the molecule is CC(C)N(C)CC(=O)NC[C@@H](O)c1cc2ccccc2s1. The van der Waals surface area contributed by atoms with Gasteiger partial charge < -0.3 is 10.4 Å². The van der Waals surface area contributed by atoms with Crippen LogP contribution in [0.5, 0.6) is 0 Å². The van der Waals surface area contributed by atoms with Crippen LogP contribution < -0.4 is 5.32 Å². The van der Waals surface area contributed by atoms with Crippen molar-refractivity contribution in [3.8, 4) is 0 Å². The highest BCUT2D eigenvalue weighted by molar-refractivity contribution is 7.19. The molecule has 4 nitrogen and oxygen atoms in total. The van der Waals surface area contributed by atoms with E-state index in [0.29, 0.717) is 12.6 Å². The minimum Gasteiger partial charge on any atom is -0.386 e. The third-order valence-corrected chi connectivity index (χ3v) is 4.76. The number of nitrogens with zero attached hydrogens (tertiary/aromatic N) is 1. The van der Waals surface area contributed by atoms with Crippen LogP contribution >= 0.6 is 11.3 Å². The molecular formula is C16H22N2O2S. The number of hydrogen-bond acceptors (Lipinski definition) is 4. The molecule has 1 aromatic carbocycles. The number of rotatable bonds is 6. The lowest BCUT2D eigenvalue weighted by molar-refractivity contribution is -0.122. The van der Waals surface area contributed by atoms with E-state index in [1.54, 1.807) is 11.3 Å². The molecule has 0 bridgehead atoms. The number of thiophene rings is 1. The van der Waals surface area contributed by atoms with Crippen LogP contribution in [0.3, 0.4) is 0 Å². The molecule has 0 aliphatic rings. The maximum atomic E-state index is 11.8. The molecule has 2 rings (SSSR count). The molecule has 21 heavy (non-hydrogen) atoms. The largest absolute Gasteiger partial charge is 0.386 e. The van der Waals surface area contributed by atoms with Gasteiger partial charge >= 0.3 is 0 Å². The first-order chi connectivity index (χ1) is 9.97. The summed E-state index contributed by atoms with van der Waals surface area (Å²) in [5.74, 6) is -0.0636. The van der Waals surface area contributed by atoms with Crippen molar-refractivity contribution in [2.45, 2.75) is 26.0 Å². The second kappa shape index (κ2) is 7.02. The molecular weight excluding hydrogens is 284 g/mol. The minimum absolute atomic E-state index is 0.0636. The highest BCUT2D eigenvalue weighted by Crippen LogP contribution is 2.29. The molecule has 0 aliphatic heterocycles. The van der Waals surface area contributed by atoms with Crippen molar-refractivity contribution in [1.82, 2.24) is 10.2 Å². The first-order valence-electron chi connectivity index (χ1n) is 7.11. The third kappa shape index (κ3) is 4.27. The van der Waals surface area contributed by atoms with E-state index in [1.165, 1.54) is 0 Å². The summed E-state index contributed by atoms with van der Waals surface area (Å²) in [7, 11) is 1.91. The standard InChI is InChI=1S/C16H22N2O2S/c1-11(2)18(3)10-16(20)17-9-13(19)15-8-12-6-4-5-7-14(12)21-15/h4-8,11,13,19H,9-10H2,1-3H3,(H,17,20)/t13-/m1/s1. The molecule has 1 amide bonds. The summed E-state index contributed by atoms with van der Waals surface area (Å²) in [6, 6.07) is 10.3. The van der Waals surface area contributed by atoms with Gasteiger partial charge in [-0.3, -0.25) is 9.69 Å². The van der Waals surface area contributed by atoms with Gasteiger partial charge in [-0.05, 0) is 38.4 Å². The van der Waals surface area contributed by atoms with Gasteiger partial charge in [-0.25, -0.2) is 0 Å². The van der Waals surface area contributed by atoms with Crippen LogP contribution in [0.2, 0.25) is 0 Å². The fourth-order valence-corrected chi connectivity index (χ4v) is 2.99. The molecule has 5 heteroatoms. The number of aliphatic hydroxyl groups excluding tert-OH is 1. The number of benzene rings is 1. The molecule has 0 unspecified atom stereocenters. The molecule has 0 spiro atoms. The van der Waals surface area contributed by atoms with Crippen molar-refractivity contribution in [3.63, 3.8) is 0 Å². The maximum absolute atomic E-state index is 11.8. The van der Waals surface area contributed by atoms with Crippen LogP contribution in [0.4, 0.5) is 0 Å². The van der Waals surface area contributed by atoms with E-state index in [1.807, 2.05) is 56.1 Å². The zero-order chi connectivity index (χ0) is 15.4. The lowest BCUT2D eigenvalue weighted by Crippen LogP contribution is -2.39. The normalized spacial score (nSPS) is 13.0. The van der Waals surface area contributed by atoms with Crippen molar-refractivity contribution in [3.05, 3.63) is 35.2 Å². The summed E-state index contributed by atoms with van der Waals surface area (Å²) < 4.78 is 1.15. The van der Waals surface area contributed by atoms with Gasteiger partial charge in [-0.15, -0.1) is 11.3 Å². The second-order valence-corrected chi connectivity index (χ2v) is 6.63. The Morgan fingerprint density at radius 2 is 2.10 bits per heavy atom. The Morgan fingerprint density at radius 3 is 2.76 bits per heavy atom. The quantitative estimate of drug-likeness (QED) is 0.861. The predicted octanol–water partition coefficient (Wildman–Crippen LogP) is 2.39. The number of likely N-dealkylation sites (N-methyl/N-ethyl adjacent to an activating group) is 1. The van der Waals surface area contributed by atoms with Gasteiger partial charge in [0.25, 0.3) is 0 Å². The van der Waals surface area contributed by atoms with E-state index in [0.717, 1.165) is 15.0 Å². The van der Waals surface area contributed by atoms with Crippen LogP contribution in [0.1, 0.15) is 24.8 Å². The van der Waals surface area contributed by atoms with E-state index >= 15 is 0 Å². The van der Waals surface area contributed by atoms with Crippen LogP contribution in [0, 0.1) is 0 Å². The van der Waals surface area contributed by atoms with Gasteiger partial charge in [-0.1, -0.05) is 18.2 Å². The Kier molecular flexibility index (Phi) is 5.33. The lowest BCUT2D eigenvalue weighted by atomic mass is 10.2. The lowest BCUT2D eigenvalue weighted by Gasteiger charge is -2.20. The first kappa shape index (κ1) is 15.9. The van der Waals surface area contributed by atoms with Crippen LogP contribution in [0.25, 0.3) is 10.1 Å². The Labute approximate surface area is 129 Å². The molecule has 0 saturated carbocycles. The second-order valence-electron chi connectivity index (χ2n) is 5.52. The van der Waals surface area contributed by atoms with Crippen LogP contribution in [-0.4, -0.2) is 42.1 Å². The summed E-state index contributed by atoms with van der Waals surface area (Å²) in [6.07, 6.45) is -0.657. The molecule has 1 heterocycles. The molecule has 0 aliphatic carbocycles. The van der Waals surface area contributed by atoms with Crippen molar-refractivity contribution >= 4 is 27.3 Å². The average Bonchev–Trinajstić information content (AvgIpc) is 2.88. The maximum Gasteiger partial charge on any atom is 0.234 e. The monoisotopic (exact) mass is 306 g/mol. The third-order valence-electron chi connectivity index (χ3n) is 3.54. The summed E-state index contributed by atoms with van der Waals surface area (Å²) >= 11 is 1.56. The van der Waals surface area contributed by atoms with Gasteiger partial charge in [-0.2, -0.15) is 0 Å². The van der Waals surface area contributed by atoms with E-state index in [-0.39, 0.29) is 12.5 Å². The highest BCUT2D eigenvalue weighted by atomic mass is 32.1. The molecule has 0 radical (unpaired) electrons. The summed E-state index contributed by atoms with van der Waals surface area (Å²) in [6.45, 7) is 4.67. The van der Waals surface area contributed by atoms with Crippen molar-refractivity contribution in [2.75, 3.05) is 20.1 Å². The molecule has 114 valence electrons. The summed E-state index contributed by atoms with van der Waals surface area (Å²) in [5.41, 5.74) is 0.